The number of carbonyl (C=O) groups excluding carboxylic acids is 2. The SMILES string of the molecule is COCCNCC(=O)NCC(C)(C)CC(=O)NCCC(O)(Cc1ccccc1)N(CC(C)C)S(=O)(=O)c1ccc(OC)cc1. The number of methoxy groups -OCH3 is 2. The van der Waals surface area contributed by atoms with E-state index in [0.717, 1.165) is 9.87 Å². The highest BCUT2D eigenvalue weighted by Crippen LogP contribution is 2.31. The first-order valence-electron chi connectivity index (χ1n) is 14.9. The second-order valence-corrected chi connectivity index (χ2v) is 14.0. The number of ether oxygens (including phenoxy) is 2. The molecule has 11 nitrogen and oxygen atoms in total. The smallest absolute Gasteiger partial charge is 0.245 e. The summed E-state index contributed by atoms with van der Waals surface area (Å²) in [5.74, 6) is -0.0178. The Hall–Kier alpha value is -3.03. The third kappa shape index (κ3) is 12.2. The second kappa shape index (κ2) is 17.5. The van der Waals surface area contributed by atoms with Crippen molar-refractivity contribution in [2.24, 2.45) is 11.3 Å². The zero-order valence-electron chi connectivity index (χ0n) is 26.9. The Balaban J connectivity index is 2.18. The Labute approximate surface area is 262 Å². The molecule has 1 atom stereocenters. The number of nitrogens with zero attached hydrogens (tertiary/aromatic N) is 1. The third-order valence-electron chi connectivity index (χ3n) is 6.99. The summed E-state index contributed by atoms with van der Waals surface area (Å²) >= 11 is 0. The van der Waals surface area contributed by atoms with Gasteiger partial charge in [-0.15, -0.1) is 0 Å². The molecule has 2 aromatic carbocycles. The molecule has 44 heavy (non-hydrogen) atoms. The van der Waals surface area contributed by atoms with Crippen molar-refractivity contribution < 1.29 is 32.6 Å². The molecule has 2 rings (SSSR count). The summed E-state index contributed by atoms with van der Waals surface area (Å²) in [5, 5.41) is 20.8. The zero-order valence-corrected chi connectivity index (χ0v) is 27.7. The molecule has 0 spiro atoms. The highest BCUT2D eigenvalue weighted by Gasteiger charge is 2.43. The molecule has 12 heteroatoms. The highest BCUT2D eigenvalue weighted by molar-refractivity contribution is 7.89. The predicted octanol–water partition coefficient (Wildman–Crippen LogP) is 2.55. The summed E-state index contributed by atoms with van der Waals surface area (Å²) in [5.41, 5.74) is -1.61. The molecule has 246 valence electrons. The van der Waals surface area contributed by atoms with Crippen LogP contribution in [0.25, 0.3) is 0 Å². The number of hydrogen-bond donors (Lipinski definition) is 4. The lowest BCUT2D eigenvalue weighted by atomic mass is 9.88. The summed E-state index contributed by atoms with van der Waals surface area (Å²) < 4.78 is 39.3. The fraction of sp³-hybridized carbons (Fsp3) is 0.562. The predicted molar refractivity (Wildman–Crippen MR) is 171 cm³/mol. The topological polar surface area (TPSA) is 146 Å². The quantitative estimate of drug-likeness (QED) is 0.128. The maximum Gasteiger partial charge on any atom is 0.245 e. The van der Waals surface area contributed by atoms with E-state index >= 15 is 0 Å². The van der Waals surface area contributed by atoms with Crippen molar-refractivity contribution in [2.45, 2.75) is 57.6 Å². The van der Waals surface area contributed by atoms with Gasteiger partial charge in [0.1, 0.15) is 11.5 Å². The molecule has 0 aliphatic rings. The van der Waals surface area contributed by atoms with E-state index in [1.54, 1.807) is 19.2 Å². The Morgan fingerprint density at radius 3 is 2.20 bits per heavy atom. The van der Waals surface area contributed by atoms with Crippen molar-refractivity contribution in [3.05, 3.63) is 60.2 Å². The van der Waals surface area contributed by atoms with Crippen molar-refractivity contribution in [2.75, 3.05) is 53.6 Å². The maximum atomic E-state index is 14.0. The van der Waals surface area contributed by atoms with Crippen LogP contribution in [0.1, 0.15) is 46.1 Å². The van der Waals surface area contributed by atoms with Gasteiger partial charge in [0, 0.05) is 52.6 Å². The number of carbonyl (C=O) groups is 2. The van der Waals surface area contributed by atoms with Gasteiger partial charge in [-0.05, 0) is 41.2 Å². The number of sulfonamides is 1. The molecule has 0 aliphatic carbocycles. The molecular weight excluding hydrogens is 584 g/mol. The molecule has 0 radical (unpaired) electrons. The van der Waals surface area contributed by atoms with Crippen molar-refractivity contribution in [3.63, 3.8) is 0 Å². The van der Waals surface area contributed by atoms with Gasteiger partial charge in [0.2, 0.25) is 21.8 Å². The first-order chi connectivity index (χ1) is 20.7. The Bertz CT molecular complexity index is 1270. The Kier molecular flexibility index (Phi) is 14.7. The van der Waals surface area contributed by atoms with E-state index in [0.29, 0.717) is 25.4 Å². The van der Waals surface area contributed by atoms with E-state index in [2.05, 4.69) is 16.0 Å². The summed E-state index contributed by atoms with van der Waals surface area (Å²) in [4.78, 5) is 25.1. The van der Waals surface area contributed by atoms with E-state index in [1.165, 1.54) is 19.2 Å². The minimum absolute atomic E-state index is 0.0295. The summed E-state index contributed by atoms with van der Waals surface area (Å²) in [6.45, 7) is 9.15. The van der Waals surface area contributed by atoms with Crippen LogP contribution in [0, 0.1) is 11.3 Å². The van der Waals surface area contributed by atoms with Crippen LogP contribution in [-0.2, 0) is 30.8 Å². The normalized spacial score (nSPS) is 13.5. The first kappa shape index (κ1) is 37.2. The van der Waals surface area contributed by atoms with Crippen molar-refractivity contribution in [1.29, 1.82) is 0 Å². The Morgan fingerprint density at radius 2 is 1.61 bits per heavy atom. The van der Waals surface area contributed by atoms with Crippen molar-refractivity contribution in [3.8, 4) is 5.75 Å². The number of hydrogen-bond acceptors (Lipinski definition) is 8. The molecule has 0 aliphatic heterocycles. The van der Waals surface area contributed by atoms with Gasteiger partial charge in [0.15, 0.2) is 0 Å². The fourth-order valence-corrected chi connectivity index (χ4v) is 6.49. The summed E-state index contributed by atoms with van der Waals surface area (Å²) in [6.07, 6.45) is 0.114. The summed E-state index contributed by atoms with van der Waals surface area (Å²) in [7, 11) is -1.05. The van der Waals surface area contributed by atoms with Crippen LogP contribution in [0.4, 0.5) is 0 Å². The van der Waals surface area contributed by atoms with Gasteiger partial charge in [0.25, 0.3) is 0 Å². The van der Waals surface area contributed by atoms with Crippen LogP contribution in [0.3, 0.4) is 0 Å². The van der Waals surface area contributed by atoms with Gasteiger partial charge in [-0.2, -0.15) is 4.31 Å². The molecule has 1 unspecified atom stereocenters. The van der Waals surface area contributed by atoms with E-state index < -0.39 is 21.2 Å². The lowest BCUT2D eigenvalue weighted by Crippen LogP contribution is -2.55. The van der Waals surface area contributed by atoms with Gasteiger partial charge in [-0.25, -0.2) is 8.42 Å². The van der Waals surface area contributed by atoms with Crippen LogP contribution >= 0.6 is 0 Å². The molecule has 0 bridgehead atoms. The molecule has 0 saturated heterocycles. The van der Waals surface area contributed by atoms with Crippen LogP contribution in [0.5, 0.6) is 5.75 Å². The molecule has 2 aromatic rings. The molecule has 0 heterocycles. The standard InChI is InChI=1S/C32H50N4O7S/c1-25(2)23-36(44(40,41)28-14-12-27(43-6)13-15-28)32(39,20-26-10-8-7-9-11-26)16-17-34-29(37)21-31(3,4)24-35-30(38)22-33-18-19-42-5/h7-15,25,33,39H,16-24H2,1-6H3,(H,34,37)(H,35,38). The van der Waals surface area contributed by atoms with Crippen LogP contribution in [0.15, 0.2) is 59.5 Å². The molecule has 0 fully saturated rings. The average molecular weight is 635 g/mol. The minimum Gasteiger partial charge on any atom is -0.497 e. The second-order valence-electron chi connectivity index (χ2n) is 12.1. The van der Waals surface area contributed by atoms with Gasteiger partial charge in [0.05, 0.1) is 25.2 Å². The molecule has 0 aromatic heterocycles. The molecule has 4 N–H and O–H groups in total. The highest BCUT2D eigenvalue weighted by atomic mass is 32.2. The largest absolute Gasteiger partial charge is 0.497 e. The summed E-state index contributed by atoms with van der Waals surface area (Å²) in [6, 6.07) is 15.2. The van der Waals surface area contributed by atoms with Gasteiger partial charge in [-0.1, -0.05) is 58.0 Å². The van der Waals surface area contributed by atoms with E-state index in [-0.39, 0.29) is 61.5 Å². The average Bonchev–Trinajstić information content (AvgIpc) is 2.97. The van der Waals surface area contributed by atoms with E-state index in [4.69, 9.17) is 9.47 Å². The van der Waals surface area contributed by atoms with Crippen molar-refractivity contribution in [1.82, 2.24) is 20.3 Å². The van der Waals surface area contributed by atoms with E-state index in [9.17, 15) is 23.1 Å². The lowest BCUT2D eigenvalue weighted by Gasteiger charge is -2.40. The first-order valence-corrected chi connectivity index (χ1v) is 16.3. The van der Waals surface area contributed by atoms with Crippen molar-refractivity contribution >= 4 is 21.8 Å². The number of nitrogens with one attached hydrogen (secondary N) is 3. The molecular formula is C32H50N4O7S. The lowest BCUT2D eigenvalue weighted by molar-refractivity contribution is -0.125. The number of rotatable bonds is 20. The molecule has 0 saturated carbocycles. The van der Waals surface area contributed by atoms with Gasteiger partial charge in [-0.3, -0.25) is 9.59 Å². The van der Waals surface area contributed by atoms with Gasteiger partial charge >= 0.3 is 0 Å². The van der Waals surface area contributed by atoms with Crippen LogP contribution in [-0.4, -0.2) is 88.9 Å². The van der Waals surface area contributed by atoms with E-state index in [1.807, 2.05) is 58.0 Å². The van der Waals surface area contributed by atoms with Crippen LogP contribution in [0.2, 0.25) is 0 Å². The fourth-order valence-electron chi connectivity index (χ4n) is 4.66. The maximum absolute atomic E-state index is 14.0. The number of benzene rings is 2. The number of aliphatic hydroxyl groups is 1. The minimum atomic E-state index is -4.14. The van der Waals surface area contributed by atoms with Gasteiger partial charge < -0.3 is 30.5 Å². The Morgan fingerprint density at radius 1 is 0.955 bits per heavy atom. The monoisotopic (exact) mass is 634 g/mol. The molecule has 2 amide bonds. The van der Waals surface area contributed by atoms with Crippen LogP contribution < -0.4 is 20.7 Å². The zero-order chi connectivity index (χ0) is 32.8. The number of amides is 2. The third-order valence-corrected chi connectivity index (χ3v) is 8.93.